The highest BCUT2D eigenvalue weighted by atomic mass is 32.1. The lowest BCUT2D eigenvalue weighted by Gasteiger charge is -2.17. The molecule has 5 rings (SSSR count). The van der Waals surface area contributed by atoms with E-state index in [4.69, 9.17) is 9.94 Å². The topological polar surface area (TPSA) is 113 Å². The Morgan fingerprint density at radius 2 is 2.00 bits per heavy atom. The second-order valence-corrected chi connectivity index (χ2v) is 9.62. The van der Waals surface area contributed by atoms with Crippen LogP contribution in [0.15, 0.2) is 66.2 Å². The molecule has 0 saturated heterocycles. The predicted molar refractivity (Wildman–Crippen MR) is 132 cm³/mol. The number of carbonyl (C=O) groups is 2. The van der Waals surface area contributed by atoms with Gasteiger partial charge in [0.2, 0.25) is 11.8 Å². The highest BCUT2D eigenvalue weighted by Crippen LogP contribution is 2.55. The number of anilines is 1. The molecule has 2 aromatic heterocycles. The Bertz CT molecular complexity index is 1370. The fraction of sp³-hybridized carbons (Fsp3) is 0.231. The highest BCUT2D eigenvalue weighted by Gasteiger charge is 2.63. The van der Waals surface area contributed by atoms with Crippen molar-refractivity contribution in [2.45, 2.75) is 26.4 Å². The number of pyridine rings is 1. The van der Waals surface area contributed by atoms with Crippen LogP contribution in [0.4, 0.5) is 5.13 Å². The Kier molecular flexibility index (Phi) is 6.19. The molecule has 2 heterocycles. The van der Waals surface area contributed by atoms with E-state index in [1.165, 1.54) is 11.3 Å². The van der Waals surface area contributed by atoms with E-state index in [0.717, 1.165) is 27.7 Å². The molecule has 3 N–H and O–H groups in total. The van der Waals surface area contributed by atoms with Crippen LogP contribution in [0.2, 0.25) is 0 Å². The van der Waals surface area contributed by atoms with Gasteiger partial charge >= 0.3 is 0 Å². The van der Waals surface area contributed by atoms with E-state index in [0.29, 0.717) is 30.3 Å². The van der Waals surface area contributed by atoms with Crippen molar-refractivity contribution in [3.05, 3.63) is 83.0 Å². The monoisotopic (exact) mass is 488 g/mol. The summed E-state index contributed by atoms with van der Waals surface area (Å²) in [7, 11) is 0. The van der Waals surface area contributed by atoms with Crippen LogP contribution in [0.5, 0.6) is 5.75 Å². The summed E-state index contributed by atoms with van der Waals surface area (Å²) in [6.45, 7) is 2.37. The molecular weight excluding hydrogens is 464 g/mol. The van der Waals surface area contributed by atoms with Gasteiger partial charge in [-0.1, -0.05) is 30.3 Å². The zero-order valence-corrected chi connectivity index (χ0v) is 19.8. The number of hydroxylamine groups is 1. The number of fused-ring (bicyclic) bond motifs is 1. The quantitative estimate of drug-likeness (QED) is 0.252. The maximum absolute atomic E-state index is 13.1. The summed E-state index contributed by atoms with van der Waals surface area (Å²) >= 11 is 1.31. The van der Waals surface area contributed by atoms with Crippen molar-refractivity contribution < 1.29 is 19.5 Å². The van der Waals surface area contributed by atoms with Crippen LogP contribution in [0.25, 0.3) is 10.9 Å². The summed E-state index contributed by atoms with van der Waals surface area (Å²) in [5, 5.41) is 15.2. The summed E-state index contributed by atoms with van der Waals surface area (Å²) in [5.74, 6) is -0.735. The van der Waals surface area contributed by atoms with Crippen molar-refractivity contribution in [2.75, 3.05) is 5.32 Å². The average Bonchev–Trinajstić information content (AvgIpc) is 3.37. The van der Waals surface area contributed by atoms with Crippen LogP contribution in [-0.2, 0) is 22.6 Å². The standard InChI is InChI=1S/C26H24N4O4S/c1-16-12-18(20-4-2-3-5-22(20)28-16)15-34-19-8-6-17(7-9-19)13-26(14-21(26)23(31)30-33)24(32)29-25-27-10-11-35-25/h2-12,21,33H,13-15H2,1H3,(H,30,31)(H,27,29,32)/t21-,26+/m1/s1. The van der Waals surface area contributed by atoms with E-state index in [2.05, 4.69) is 15.3 Å². The van der Waals surface area contributed by atoms with E-state index >= 15 is 0 Å². The molecule has 2 amide bonds. The molecule has 1 fully saturated rings. The van der Waals surface area contributed by atoms with Gasteiger partial charge in [0.25, 0.3) is 0 Å². The number of rotatable bonds is 8. The third-order valence-electron chi connectivity index (χ3n) is 6.37. The number of para-hydroxylation sites is 1. The van der Waals surface area contributed by atoms with Gasteiger partial charge < -0.3 is 10.1 Å². The molecular formula is C26H24N4O4S. The zero-order chi connectivity index (χ0) is 24.4. The van der Waals surface area contributed by atoms with Gasteiger partial charge in [0.15, 0.2) is 5.13 Å². The molecule has 178 valence electrons. The first-order valence-electron chi connectivity index (χ1n) is 11.2. The maximum Gasteiger partial charge on any atom is 0.247 e. The number of aromatic nitrogens is 2. The van der Waals surface area contributed by atoms with Crippen molar-refractivity contribution in [3.63, 3.8) is 0 Å². The third kappa shape index (κ3) is 4.73. The Labute approximate surface area is 206 Å². The Hall–Kier alpha value is -3.82. The summed E-state index contributed by atoms with van der Waals surface area (Å²) in [4.78, 5) is 33.8. The first-order valence-corrected chi connectivity index (χ1v) is 12.1. The second kappa shape index (κ2) is 9.44. The van der Waals surface area contributed by atoms with Crippen molar-refractivity contribution in [2.24, 2.45) is 11.3 Å². The van der Waals surface area contributed by atoms with E-state index in [1.807, 2.05) is 61.5 Å². The van der Waals surface area contributed by atoms with Gasteiger partial charge in [0.05, 0.1) is 16.8 Å². The van der Waals surface area contributed by atoms with E-state index < -0.39 is 17.2 Å². The van der Waals surface area contributed by atoms with Gasteiger partial charge in [-0.05, 0) is 49.6 Å². The SMILES string of the molecule is Cc1cc(COc2ccc(C[C@]3(C(=O)Nc4nccs4)C[C@@H]3C(=O)NO)cc2)c2ccccc2n1. The third-order valence-corrected chi connectivity index (χ3v) is 7.06. The molecule has 35 heavy (non-hydrogen) atoms. The summed E-state index contributed by atoms with van der Waals surface area (Å²) in [5.41, 5.74) is 4.57. The van der Waals surface area contributed by atoms with Crippen LogP contribution in [-0.4, -0.2) is 27.0 Å². The van der Waals surface area contributed by atoms with Gasteiger partial charge in [-0.3, -0.25) is 19.8 Å². The van der Waals surface area contributed by atoms with Crippen molar-refractivity contribution >= 4 is 39.2 Å². The number of aryl methyl sites for hydroxylation is 1. The van der Waals surface area contributed by atoms with Crippen LogP contribution in [0.1, 0.15) is 23.2 Å². The van der Waals surface area contributed by atoms with Crippen LogP contribution in [0, 0.1) is 18.3 Å². The van der Waals surface area contributed by atoms with Crippen LogP contribution in [0.3, 0.4) is 0 Å². The van der Waals surface area contributed by atoms with E-state index in [9.17, 15) is 9.59 Å². The summed E-state index contributed by atoms with van der Waals surface area (Å²) < 4.78 is 6.04. The Balaban J connectivity index is 1.29. The van der Waals surface area contributed by atoms with E-state index in [1.54, 1.807) is 17.1 Å². The minimum atomic E-state index is -0.936. The van der Waals surface area contributed by atoms with Gasteiger partial charge in [-0.15, -0.1) is 11.3 Å². The number of hydrogen-bond donors (Lipinski definition) is 3. The molecule has 1 saturated carbocycles. The average molecular weight is 489 g/mol. The summed E-state index contributed by atoms with van der Waals surface area (Å²) in [6.07, 6.45) is 2.31. The molecule has 2 atom stereocenters. The van der Waals surface area contributed by atoms with Crippen molar-refractivity contribution in [1.82, 2.24) is 15.4 Å². The molecule has 0 unspecified atom stereocenters. The molecule has 0 aliphatic heterocycles. The highest BCUT2D eigenvalue weighted by molar-refractivity contribution is 7.13. The van der Waals surface area contributed by atoms with Crippen molar-refractivity contribution in [3.8, 4) is 5.75 Å². The van der Waals surface area contributed by atoms with Crippen LogP contribution < -0.4 is 15.5 Å². The molecule has 9 heteroatoms. The lowest BCUT2D eigenvalue weighted by atomic mass is 9.92. The molecule has 4 aromatic rings. The number of hydrogen-bond acceptors (Lipinski definition) is 7. The molecule has 2 aromatic carbocycles. The number of ether oxygens (including phenoxy) is 1. The minimum absolute atomic E-state index is 0.277. The first-order chi connectivity index (χ1) is 17.0. The van der Waals surface area contributed by atoms with Crippen molar-refractivity contribution in [1.29, 1.82) is 0 Å². The summed E-state index contributed by atoms with van der Waals surface area (Å²) in [6, 6.07) is 17.5. The maximum atomic E-state index is 13.1. The smallest absolute Gasteiger partial charge is 0.247 e. The minimum Gasteiger partial charge on any atom is -0.489 e. The fourth-order valence-corrected chi connectivity index (χ4v) is 5.03. The molecule has 0 radical (unpaired) electrons. The number of thiazole rings is 1. The lowest BCUT2D eigenvalue weighted by molar-refractivity contribution is -0.133. The number of benzene rings is 2. The Morgan fingerprint density at radius 1 is 1.20 bits per heavy atom. The van der Waals surface area contributed by atoms with Gasteiger partial charge in [0.1, 0.15) is 12.4 Å². The van der Waals surface area contributed by atoms with Gasteiger partial charge in [-0.2, -0.15) is 0 Å². The second-order valence-electron chi connectivity index (χ2n) is 8.73. The van der Waals surface area contributed by atoms with Crippen LogP contribution >= 0.6 is 11.3 Å². The largest absolute Gasteiger partial charge is 0.489 e. The Morgan fingerprint density at radius 3 is 2.74 bits per heavy atom. The predicted octanol–water partition coefficient (Wildman–Crippen LogP) is 4.27. The zero-order valence-electron chi connectivity index (χ0n) is 19.0. The van der Waals surface area contributed by atoms with Gasteiger partial charge in [0, 0.05) is 28.2 Å². The lowest BCUT2D eigenvalue weighted by Crippen LogP contribution is -2.33. The number of nitrogens with zero attached hydrogens (tertiary/aromatic N) is 2. The molecule has 8 nitrogen and oxygen atoms in total. The van der Waals surface area contributed by atoms with E-state index in [-0.39, 0.29) is 5.91 Å². The number of amides is 2. The normalized spacial score (nSPS) is 18.7. The molecule has 0 spiro atoms. The fourth-order valence-electron chi connectivity index (χ4n) is 4.50. The number of nitrogens with one attached hydrogen (secondary N) is 2. The molecule has 0 bridgehead atoms. The molecule has 1 aliphatic carbocycles. The number of carbonyl (C=O) groups excluding carboxylic acids is 2. The van der Waals surface area contributed by atoms with Gasteiger partial charge in [-0.25, -0.2) is 10.5 Å². The molecule has 1 aliphatic rings. The first kappa shape index (κ1) is 22.9.